The molecule has 1 aromatic heterocycles. The van der Waals surface area contributed by atoms with Crippen LogP contribution in [0.4, 0.5) is 5.13 Å². The van der Waals surface area contributed by atoms with Crippen molar-refractivity contribution in [2.24, 2.45) is 0 Å². The van der Waals surface area contributed by atoms with Crippen LogP contribution in [0.25, 0.3) is 0 Å². The highest BCUT2D eigenvalue weighted by Crippen LogP contribution is 2.33. The predicted octanol–water partition coefficient (Wildman–Crippen LogP) is 2.98. The van der Waals surface area contributed by atoms with Crippen LogP contribution in [0, 0.1) is 0 Å². The summed E-state index contributed by atoms with van der Waals surface area (Å²) in [4.78, 5) is 18.2. The molecular formula is C18H23N3O2S. The van der Waals surface area contributed by atoms with Gasteiger partial charge in [-0.2, -0.15) is 0 Å². The highest BCUT2D eigenvalue weighted by molar-refractivity contribution is 7.13. The maximum atomic E-state index is 11.4. The molecule has 3 rings (SSSR count). The summed E-state index contributed by atoms with van der Waals surface area (Å²) in [5.41, 5.74) is 1.25. The van der Waals surface area contributed by atoms with Crippen molar-refractivity contribution in [2.45, 2.75) is 38.3 Å². The first kappa shape index (κ1) is 17.1. The van der Waals surface area contributed by atoms with E-state index in [-0.39, 0.29) is 5.91 Å². The lowest BCUT2D eigenvalue weighted by atomic mass is 9.84. The maximum Gasteiger partial charge on any atom is 0.225 e. The minimum absolute atomic E-state index is 0.0122. The smallest absolute Gasteiger partial charge is 0.225 e. The van der Waals surface area contributed by atoms with Gasteiger partial charge in [0.2, 0.25) is 5.91 Å². The normalized spacial score (nSPS) is 17.6. The highest BCUT2D eigenvalue weighted by Gasteiger charge is 2.33. The number of benzene rings is 1. The molecule has 0 aliphatic carbocycles. The SMILES string of the molecule is CCC(=O)Nc1nc(CN2CCC(O)(c3ccccc3)CC2)cs1. The zero-order chi connectivity index (χ0) is 17.0. The number of likely N-dealkylation sites (tertiary alicyclic amines) is 1. The standard InChI is InChI=1S/C18H23N3O2S/c1-2-16(22)20-17-19-15(13-24-17)12-21-10-8-18(23,9-11-21)14-6-4-3-5-7-14/h3-7,13,23H,2,8-12H2,1H3,(H,19,20,22). The van der Waals surface area contributed by atoms with E-state index in [1.165, 1.54) is 11.3 Å². The Hall–Kier alpha value is -1.76. The number of nitrogens with one attached hydrogen (secondary N) is 1. The molecule has 0 spiro atoms. The van der Waals surface area contributed by atoms with Gasteiger partial charge in [0.15, 0.2) is 5.13 Å². The molecule has 0 saturated carbocycles. The van der Waals surface area contributed by atoms with Crippen molar-refractivity contribution in [3.63, 3.8) is 0 Å². The van der Waals surface area contributed by atoms with Gasteiger partial charge in [0.25, 0.3) is 0 Å². The average Bonchev–Trinajstić information content (AvgIpc) is 3.04. The zero-order valence-electron chi connectivity index (χ0n) is 13.9. The van der Waals surface area contributed by atoms with Crippen LogP contribution < -0.4 is 5.32 Å². The summed E-state index contributed by atoms with van der Waals surface area (Å²) in [6.45, 7) is 4.24. The molecule has 128 valence electrons. The molecule has 2 N–H and O–H groups in total. The Kier molecular flexibility index (Phi) is 5.28. The third-order valence-electron chi connectivity index (χ3n) is 4.50. The first-order valence-electron chi connectivity index (χ1n) is 8.33. The van der Waals surface area contributed by atoms with Crippen molar-refractivity contribution in [1.82, 2.24) is 9.88 Å². The van der Waals surface area contributed by atoms with Crippen molar-refractivity contribution in [3.8, 4) is 0 Å². The number of carbonyl (C=O) groups is 1. The summed E-state index contributed by atoms with van der Waals surface area (Å²) in [5, 5.41) is 16.3. The van der Waals surface area contributed by atoms with Crippen LogP contribution in [0.2, 0.25) is 0 Å². The molecule has 1 aliphatic rings. The van der Waals surface area contributed by atoms with Gasteiger partial charge in [-0.05, 0) is 18.4 Å². The summed E-state index contributed by atoms with van der Waals surface area (Å²) in [6.07, 6.45) is 1.90. The molecular weight excluding hydrogens is 322 g/mol. The van der Waals surface area contributed by atoms with Crippen LogP contribution in [0.1, 0.15) is 37.4 Å². The van der Waals surface area contributed by atoms with Crippen molar-refractivity contribution in [3.05, 3.63) is 47.0 Å². The van der Waals surface area contributed by atoms with Crippen molar-refractivity contribution >= 4 is 22.4 Å². The Morgan fingerprint density at radius 2 is 2.04 bits per heavy atom. The van der Waals surface area contributed by atoms with Gasteiger partial charge in [-0.25, -0.2) is 4.98 Å². The molecule has 0 atom stereocenters. The molecule has 1 aromatic carbocycles. The number of aromatic nitrogens is 1. The monoisotopic (exact) mass is 345 g/mol. The summed E-state index contributed by atoms with van der Waals surface area (Å²) in [7, 11) is 0. The van der Waals surface area contributed by atoms with Gasteiger partial charge in [0, 0.05) is 31.4 Å². The fourth-order valence-electron chi connectivity index (χ4n) is 2.99. The Morgan fingerprint density at radius 1 is 1.33 bits per heavy atom. The first-order valence-corrected chi connectivity index (χ1v) is 9.21. The maximum absolute atomic E-state index is 11.4. The van der Waals surface area contributed by atoms with Gasteiger partial charge >= 0.3 is 0 Å². The average molecular weight is 345 g/mol. The van der Waals surface area contributed by atoms with E-state index in [0.29, 0.717) is 11.6 Å². The Morgan fingerprint density at radius 3 is 2.71 bits per heavy atom. The quantitative estimate of drug-likeness (QED) is 0.874. The lowest BCUT2D eigenvalue weighted by Crippen LogP contribution is -2.42. The van der Waals surface area contributed by atoms with Gasteiger partial charge in [-0.1, -0.05) is 37.3 Å². The molecule has 24 heavy (non-hydrogen) atoms. The number of amides is 1. The Bertz CT molecular complexity index is 679. The molecule has 2 heterocycles. The lowest BCUT2D eigenvalue weighted by molar-refractivity contribution is -0.115. The van der Waals surface area contributed by atoms with E-state index in [2.05, 4.69) is 15.2 Å². The van der Waals surface area contributed by atoms with Gasteiger partial charge in [0.05, 0.1) is 11.3 Å². The molecule has 1 aliphatic heterocycles. The number of hydrogen-bond donors (Lipinski definition) is 2. The number of aliphatic hydroxyl groups is 1. The zero-order valence-corrected chi connectivity index (χ0v) is 14.7. The van der Waals surface area contributed by atoms with E-state index in [0.717, 1.165) is 43.7 Å². The van der Waals surface area contributed by atoms with E-state index >= 15 is 0 Å². The number of carbonyl (C=O) groups excluding carboxylic acids is 1. The van der Waals surface area contributed by atoms with E-state index in [9.17, 15) is 9.90 Å². The van der Waals surface area contributed by atoms with E-state index in [4.69, 9.17) is 0 Å². The fourth-order valence-corrected chi connectivity index (χ4v) is 3.71. The molecule has 5 nitrogen and oxygen atoms in total. The van der Waals surface area contributed by atoms with Crippen molar-refractivity contribution in [1.29, 1.82) is 0 Å². The van der Waals surface area contributed by atoms with Crippen molar-refractivity contribution < 1.29 is 9.90 Å². The van der Waals surface area contributed by atoms with Gasteiger partial charge < -0.3 is 10.4 Å². The van der Waals surface area contributed by atoms with Crippen LogP contribution in [0.5, 0.6) is 0 Å². The molecule has 1 fully saturated rings. The topological polar surface area (TPSA) is 65.5 Å². The van der Waals surface area contributed by atoms with Crippen molar-refractivity contribution in [2.75, 3.05) is 18.4 Å². The van der Waals surface area contributed by atoms with Gasteiger partial charge in [-0.3, -0.25) is 9.69 Å². The highest BCUT2D eigenvalue weighted by atomic mass is 32.1. The van der Waals surface area contributed by atoms with E-state index < -0.39 is 5.60 Å². The molecule has 1 saturated heterocycles. The van der Waals surface area contributed by atoms with Crippen LogP contribution in [0.15, 0.2) is 35.7 Å². The summed E-state index contributed by atoms with van der Waals surface area (Å²) in [5.74, 6) is -0.0122. The van der Waals surface area contributed by atoms with Crippen LogP contribution in [0.3, 0.4) is 0 Å². The minimum atomic E-state index is -0.722. The third-order valence-corrected chi connectivity index (χ3v) is 5.31. The van der Waals surface area contributed by atoms with Gasteiger partial charge in [0.1, 0.15) is 0 Å². The molecule has 2 aromatic rings. The van der Waals surface area contributed by atoms with Crippen LogP contribution in [-0.4, -0.2) is 34.0 Å². The van der Waals surface area contributed by atoms with Gasteiger partial charge in [-0.15, -0.1) is 11.3 Å². The lowest BCUT2D eigenvalue weighted by Gasteiger charge is -2.38. The third kappa shape index (κ3) is 4.01. The predicted molar refractivity (Wildman–Crippen MR) is 95.9 cm³/mol. The van der Waals surface area contributed by atoms with Crippen LogP contribution in [-0.2, 0) is 16.9 Å². The summed E-state index contributed by atoms with van der Waals surface area (Å²) < 4.78 is 0. The number of piperidine rings is 1. The number of thiazole rings is 1. The number of anilines is 1. The second-order valence-corrected chi connectivity index (χ2v) is 7.08. The largest absolute Gasteiger partial charge is 0.385 e. The summed E-state index contributed by atoms with van der Waals surface area (Å²) >= 11 is 1.46. The van der Waals surface area contributed by atoms with E-state index in [1.54, 1.807) is 0 Å². The molecule has 1 amide bonds. The molecule has 6 heteroatoms. The molecule has 0 radical (unpaired) electrons. The fraction of sp³-hybridized carbons (Fsp3) is 0.444. The second-order valence-electron chi connectivity index (χ2n) is 6.22. The van der Waals surface area contributed by atoms with E-state index in [1.807, 2.05) is 42.6 Å². The molecule has 0 bridgehead atoms. The number of hydrogen-bond acceptors (Lipinski definition) is 5. The number of nitrogens with zero attached hydrogens (tertiary/aromatic N) is 2. The Labute approximate surface area is 146 Å². The van der Waals surface area contributed by atoms with Crippen LogP contribution >= 0.6 is 11.3 Å². The minimum Gasteiger partial charge on any atom is -0.385 e. The number of rotatable bonds is 5. The summed E-state index contributed by atoms with van der Waals surface area (Å²) in [6, 6.07) is 9.92. The Balaban J connectivity index is 1.55. The first-order chi connectivity index (χ1) is 11.6. The second kappa shape index (κ2) is 7.42. The molecule has 0 unspecified atom stereocenters.